The van der Waals surface area contributed by atoms with Crippen molar-refractivity contribution in [1.82, 2.24) is 9.78 Å². The molecule has 112 valence electrons. The minimum Gasteiger partial charge on any atom is -0.496 e. The molecule has 1 heterocycles. The number of nitrogens with one attached hydrogen (secondary N) is 1. The summed E-state index contributed by atoms with van der Waals surface area (Å²) in [5.41, 5.74) is 0.915. The molecule has 0 aliphatic heterocycles. The predicted octanol–water partition coefficient (Wildman–Crippen LogP) is 3.55. The third kappa shape index (κ3) is 3.55. The lowest BCUT2D eigenvalue weighted by Gasteiger charge is -2.18. The largest absolute Gasteiger partial charge is 0.496 e. The van der Waals surface area contributed by atoms with Gasteiger partial charge in [-0.3, -0.25) is 9.48 Å². The van der Waals surface area contributed by atoms with Crippen LogP contribution in [0, 0.1) is 0 Å². The van der Waals surface area contributed by atoms with Crippen molar-refractivity contribution >= 4 is 23.2 Å². The van der Waals surface area contributed by atoms with Crippen molar-refractivity contribution in [2.75, 3.05) is 12.4 Å². The van der Waals surface area contributed by atoms with Crippen LogP contribution in [-0.2, 0) is 5.54 Å². The topological polar surface area (TPSA) is 56.1 Å². The Kier molecular flexibility index (Phi) is 4.23. The number of nitrogens with zero attached hydrogens (tertiary/aromatic N) is 2. The van der Waals surface area contributed by atoms with E-state index >= 15 is 0 Å². The van der Waals surface area contributed by atoms with Crippen molar-refractivity contribution in [3.8, 4) is 5.75 Å². The summed E-state index contributed by atoms with van der Waals surface area (Å²) in [5, 5.41) is 7.56. The highest BCUT2D eigenvalue weighted by atomic mass is 35.5. The van der Waals surface area contributed by atoms with E-state index in [0.29, 0.717) is 22.0 Å². The second kappa shape index (κ2) is 5.77. The van der Waals surface area contributed by atoms with Gasteiger partial charge >= 0.3 is 0 Å². The van der Waals surface area contributed by atoms with Gasteiger partial charge in [-0.25, -0.2) is 0 Å². The molecule has 0 saturated carbocycles. The van der Waals surface area contributed by atoms with Crippen LogP contribution in [0.3, 0.4) is 0 Å². The van der Waals surface area contributed by atoms with Crippen LogP contribution in [-0.4, -0.2) is 22.8 Å². The average Bonchev–Trinajstić information content (AvgIpc) is 2.86. The second-order valence-corrected chi connectivity index (χ2v) is 6.08. The highest BCUT2D eigenvalue weighted by Gasteiger charge is 2.17. The molecule has 6 heteroatoms. The minimum atomic E-state index is -0.267. The molecule has 0 fully saturated rings. The Hall–Kier alpha value is -2.01. The smallest absolute Gasteiger partial charge is 0.259 e. The van der Waals surface area contributed by atoms with E-state index in [9.17, 15) is 4.79 Å². The predicted molar refractivity (Wildman–Crippen MR) is 83.2 cm³/mol. The van der Waals surface area contributed by atoms with E-state index in [2.05, 4.69) is 10.4 Å². The summed E-state index contributed by atoms with van der Waals surface area (Å²) < 4.78 is 6.97. The fraction of sp³-hybridized carbons (Fsp3) is 0.333. The lowest BCUT2D eigenvalue weighted by molar-refractivity contribution is 0.102. The first-order valence-electron chi connectivity index (χ1n) is 6.51. The van der Waals surface area contributed by atoms with Crippen LogP contribution in [0.25, 0.3) is 0 Å². The van der Waals surface area contributed by atoms with Gasteiger partial charge in [-0.05, 0) is 39.0 Å². The van der Waals surface area contributed by atoms with Gasteiger partial charge in [0.15, 0.2) is 0 Å². The van der Waals surface area contributed by atoms with Crippen LogP contribution in [0.4, 0.5) is 5.69 Å². The van der Waals surface area contributed by atoms with Gasteiger partial charge in [0, 0.05) is 11.2 Å². The molecule has 1 amide bonds. The highest BCUT2D eigenvalue weighted by Crippen LogP contribution is 2.24. The molecule has 0 saturated heterocycles. The van der Waals surface area contributed by atoms with Gasteiger partial charge in [-0.2, -0.15) is 5.10 Å². The molecule has 2 aromatic rings. The van der Waals surface area contributed by atoms with Crippen molar-refractivity contribution in [2.45, 2.75) is 26.3 Å². The lowest BCUT2D eigenvalue weighted by Crippen LogP contribution is -2.22. The lowest BCUT2D eigenvalue weighted by atomic mass is 10.1. The van der Waals surface area contributed by atoms with Gasteiger partial charge in [0.1, 0.15) is 5.75 Å². The molecule has 21 heavy (non-hydrogen) atoms. The SMILES string of the molecule is COc1cc(Cl)ccc1C(=O)Nc1cnn(C(C)(C)C)c1. The first-order valence-corrected chi connectivity index (χ1v) is 6.89. The highest BCUT2D eigenvalue weighted by molar-refractivity contribution is 6.31. The van der Waals surface area contributed by atoms with Crippen molar-refractivity contribution in [2.24, 2.45) is 0 Å². The Bertz CT molecular complexity index is 659. The van der Waals surface area contributed by atoms with Gasteiger partial charge in [0.25, 0.3) is 5.91 Å². The maximum atomic E-state index is 12.3. The standard InChI is InChI=1S/C15H18ClN3O2/c1-15(2,3)19-9-11(8-17-19)18-14(20)12-6-5-10(16)7-13(12)21-4/h5-9H,1-4H3,(H,18,20). The zero-order valence-electron chi connectivity index (χ0n) is 12.5. The quantitative estimate of drug-likeness (QED) is 0.943. The molecule has 5 nitrogen and oxygen atoms in total. The molecule has 0 radical (unpaired) electrons. The summed E-state index contributed by atoms with van der Waals surface area (Å²) in [4.78, 5) is 12.3. The van der Waals surface area contributed by atoms with Crippen molar-refractivity contribution in [3.63, 3.8) is 0 Å². The van der Waals surface area contributed by atoms with Crippen LogP contribution >= 0.6 is 11.6 Å². The van der Waals surface area contributed by atoms with Gasteiger partial charge < -0.3 is 10.1 Å². The Morgan fingerprint density at radius 3 is 2.67 bits per heavy atom. The summed E-state index contributed by atoms with van der Waals surface area (Å²) in [5.74, 6) is 0.167. The van der Waals surface area contributed by atoms with E-state index in [1.54, 1.807) is 35.3 Å². The van der Waals surface area contributed by atoms with Gasteiger partial charge in [0.05, 0.1) is 30.1 Å². The van der Waals surface area contributed by atoms with Crippen LogP contribution in [0.15, 0.2) is 30.6 Å². The maximum absolute atomic E-state index is 12.3. The first kappa shape index (κ1) is 15.4. The zero-order valence-corrected chi connectivity index (χ0v) is 13.2. The van der Waals surface area contributed by atoms with Crippen molar-refractivity contribution in [1.29, 1.82) is 0 Å². The van der Waals surface area contributed by atoms with Crippen LogP contribution in [0.5, 0.6) is 5.75 Å². The number of carbonyl (C=O) groups is 1. The second-order valence-electron chi connectivity index (χ2n) is 5.64. The first-order chi connectivity index (χ1) is 9.81. The molecule has 0 aliphatic carbocycles. The number of carbonyl (C=O) groups excluding carboxylic acids is 1. The maximum Gasteiger partial charge on any atom is 0.259 e. The summed E-state index contributed by atoms with van der Waals surface area (Å²) in [6, 6.07) is 4.89. The number of hydrogen-bond acceptors (Lipinski definition) is 3. The number of aromatic nitrogens is 2. The molecule has 0 aliphatic rings. The van der Waals surface area contributed by atoms with E-state index in [-0.39, 0.29) is 11.4 Å². The molecular formula is C15H18ClN3O2. The number of anilines is 1. The van der Waals surface area contributed by atoms with Gasteiger partial charge in [-0.15, -0.1) is 0 Å². The van der Waals surface area contributed by atoms with Gasteiger partial charge in [0.2, 0.25) is 0 Å². The molecule has 0 unspecified atom stereocenters. The van der Waals surface area contributed by atoms with E-state index in [1.165, 1.54) is 7.11 Å². The van der Waals surface area contributed by atoms with Gasteiger partial charge in [-0.1, -0.05) is 11.6 Å². The monoisotopic (exact) mass is 307 g/mol. The fourth-order valence-corrected chi connectivity index (χ4v) is 1.97. The third-order valence-corrected chi connectivity index (χ3v) is 3.17. The van der Waals surface area contributed by atoms with E-state index in [0.717, 1.165) is 0 Å². The van der Waals surface area contributed by atoms with Crippen molar-refractivity contribution < 1.29 is 9.53 Å². The number of rotatable bonds is 3. The summed E-state index contributed by atoms with van der Waals surface area (Å²) >= 11 is 5.89. The van der Waals surface area contributed by atoms with Crippen molar-refractivity contribution in [3.05, 3.63) is 41.2 Å². The molecule has 1 aromatic heterocycles. The molecule has 1 aromatic carbocycles. The molecule has 1 N–H and O–H groups in total. The normalized spacial score (nSPS) is 11.3. The summed E-state index contributed by atoms with van der Waals surface area (Å²) in [7, 11) is 1.50. The van der Waals surface area contributed by atoms with Crippen LogP contribution < -0.4 is 10.1 Å². The Balaban J connectivity index is 2.20. The molecule has 0 spiro atoms. The molecule has 0 bridgehead atoms. The molecule has 0 atom stereocenters. The number of ether oxygens (including phenoxy) is 1. The number of amides is 1. The Morgan fingerprint density at radius 1 is 1.38 bits per heavy atom. The fourth-order valence-electron chi connectivity index (χ4n) is 1.81. The zero-order chi connectivity index (χ0) is 15.6. The third-order valence-electron chi connectivity index (χ3n) is 2.94. The van der Waals surface area contributed by atoms with Crippen LogP contribution in [0.2, 0.25) is 5.02 Å². The van der Waals surface area contributed by atoms with Crippen LogP contribution in [0.1, 0.15) is 31.1 Å². The Labute approximate surface area is 128 Å². The van der Waals surface area contributed by atoms with E-state index in [1.807, 2.05) is 20.8 Å². The number of benzene rings is 1. The van der Waals surface area contributed by atoms with E-state index in [4.69, 9.17) is 16.3 Å². The number of halogens is 1. The Morgan fingerprint density at radius 2 is 2.10 bits per heavy atom. The molecular weight excluding hydrogens is 290 g/mol. The molecule has 2 rings (SSSR count). The average molecular weight is 308 g/mol. The summed E-state index contributed by atoms with van der Waals surface area (Å²) in [6.45, 7) is 6.11. The van der Waals surface area contributed by atoms with E-state index < -0.39 is 0 Å². The number of methoxy groups -OCH3 is 1. The minimum absolute atomic E-state index is 0.138. The number of hydrogen-bond donors (Lipinski definition) is 1. The summed E-state index contributed by atoms with van der Waals surface area (Å²) in [6.07, 6.45) is 3.41.